The maximum atomic E-state index is 9.99. The van der Waals surface area contributed by atoms with Crippen molar-refractivity contribution in [2.75, 3.05) is 64.1 Å². The zero-order valence-corrected chi connectivity index (χ0v) is 16.9. The summed E-state index contributed by atoms with van der Waals surface area (Å²) in [5.74, 6) is 0.885. The summed E-state index contributed by atoms with van der Waals surface area (Å²) in [6.45, 7) is 8.05. The Hall–Kier alpha value is -2.75. The first-order valence-corrected chi connectivity index (χ1v) is 10.4. The molecule has 0 aliphatic carbocycles. The lowest BCUT2D eigenvalue weighted by atomic mass is 10.1. The first-order valence-electron chi connectivity index (χ1n) is 10.4. The smallest absolute Gasteiger partial charge is 0.228 e. The number of phenolic OH excluding ortho intramolecular Hbond substituents is 1. The van der Waals surface area contributed by atoms with Crippen molar-refractivity contribution >= 4 is 17.1 Å². The van der Waals surface area contributed by atoms with Crippen molar-refractivity contribution < 1.29 is 14.6 Å². The Morgan fingerprint density at radius 1 is 0.933 bits per heavy atom. The lowest BCUT2D eigenvalue weighted by Gasteiger charge is -2.27. The van der Waals surface area contributed by atoms with Gasteiger partial charge in [-0.2, -0.15) is 4.98 Å². The highest BCUT2D eigenvalue weighted by Crippen LogP contribution is 2.29. The highest BCUT2D eigenvalue weighted by atomic mass is 16.5. The van der Waals surface area contributed by atoms with Gasteiger partial charge in [0.2, 0.25) is 5.95 Å². The zero-order chi connectivity index (χ0) is 20.3. The van der Waals surface area contributed by atoms with Crippen LogP contribution in [0.3, 0.4) is 0 Å². The molecule has 158 valence electrons. The number of rotatable bonds is 5. The van der Waals surface area contributed by atoms with Crippen LogP contribution in [0.2, 0.25) is 0 Å². The van der Waals surface area contributed by atoms with Gasteiger partial charge in [-0.25, -0.2) is 9.97 Å². The Kier molecular flexibility index (Phi) is 5.48. The van der Waals surface area contributed by atoms with Gasteiger partial charge in [-0.05, 0) is 12.1 Å². The minimum atomic E-state index is 0.207. The molecule has 2 aromatic heterocycles. The van der Waals surface area contributed by atoms with Crippen molar-refractivity contribution in [1.29, 1.82) is 0 Å². The third-order valence-corrected chi connectivity index (χ3v) is 5.63. The number of anilines is 1. The van der Waals surface area contributed by atoms with Crippen molar-refractivity contribution in [3.05, 3.63) is 30.6 Å². The van der Waals surface area contributed by atoms with Crippen LogP contribution in [-0.4, -0.2) is 88.7 Å². The van der Waals surface area contributed by atoms with E-state index in [0.29, 0.717) is 19.2 Å². The van der Waals surface area contributed by atoms with Crippen LogP contribution in [0.1, 0.15) is 0 Å². The van der Waals surface area contributed by atoms with E-state index >= 15 is 0 Å². The first kappa shape index (κ1) is 19.2. The summed E-state index contributed by atoms with van der Waals surface area (Å²) in [4.78, 5) is 18.9. The summed E-state index contributed by atoms with van der Waals surface area (Å²) in [6.07, 6.45) is 1.84. The van der Waals surface area contributed by atoms with Crippen molar-refractivity contribution in [2.24, 2.45) is 0 Å². The Labute approximate surface area is 174 Å². The Morgan fingerprint density at radius 3 is 2.47 bits per heavy atom. The van der Waals surface area contributed by atoms with E-state index in [0.717, 1.165) is 74.9 Å². The van der Waals surface area contributed by atoms with Gasteiger partial charge in [0.15, 0.2) is 5.65 Å². The standard InChI is InChI=1S/C21H26N6O3/c28-17-3-1-2-16(14-17)18-19-20(24-21(23-18)26-8-12-30-13-9-26)27(15-22-19)5-4-25-6-10-29-11-7-25/h1-3,14-15,28H,4-13H2. The fourth-order valence-electron chi connectivity index (χ4n) is 3.93. The van der Waals surface area contributed by atoms with Crippen LogP contribution in [0, 0.1) is 0 Å². The lowest BCUT2D eigenvalue weighted by Crippen LogP contribution is -2.38. The number of aromatic nitrogens is 4. The summed E-state index contributed by atoms with van der Waals surface area (Å²) in [5, 5.41) is 9.99. The van der Waals surface area contributed by atoms with Crippen molar-refractivity contribution in [2.45, 2.75) is 6.54 Å². The number of imidazole rings is 1. The average Bonchev–Trinajstić information content (AvgIpc) is 3.21. The number of morpholine rings is 2. The first-order chi connectivity index (χ1) is 14.8. The normalized spacial score (nSPS) is 18.2. The van der Waals surface area contributed by atoms with E-state index in [9.17, 15) is 5.11 Å². The molecule has 0 amide bonds. The number of nitrogens with zero attached hydrogens (tertiary/aromatic N) is 6. The number of aromatic hydroxyl groups is 1. The Balaban J connectivity index is 1.53. The summed E-state index contributed by atoms with van der Waals surface area (Å²) >= 11 is 0. The van der Waals surface area contributed by atoms with E-state index in [1.54, 1.807) is 12.1 Å². The number of hydrogen-bond donors (Lipinski definition) is 1. The van der Waals surface area contributed by atoms with Crippen molar-refractivity contribution in [3.8, 4) is 17.0 Å². The second-order valence-corrected chi connectivity index (χ2v) is 7.59. The molecule has 1 aromatic carbocycles. The highest BCUT2D eigenvalue weighted by Gasteiger charge is 2.20. The van der Waals surface area contributed by atoms with E-state index in [1.165, 1.54) is 0 Å². The molecule has 3 aromatic rings. The molecule has 1 N–H and O–H groups in total. The molecule has 9 heteroatoms. The van der Waals surface area contributed by atoms with Crippen molar-refractivity contribution in [3.63, 3.8) is 0 Å². The molecule has 4 heterocycles. The van der Waals surface area contributed by atoms with Gasteiger partial charge in [-0.3, -0.25) is 4.90 Å². The number of ether oxygens (including phenoxy) is 2. The summed E-state index contributed by atoms with van der Waals surface area (Å²) in [5.41, 5.74) is 3.13. The molecule has 0 bridgehead atoms. The van der Waals surface area contributed by atoms with Gasteiger partial charge in [-0.15, -0.1) is 0 Å². The largest absolute Gasteiger partial charge is 0.508 e. The van der Waals surface area contributed by atoms with Gasteiger partial charge in [-0.1, -0.05) is 12.1 Å². The lowest BCUT2D eigenvalue weighted by molar-refractivity contribution is 0.0365. The minimum Gasteiger partial charge on any atom is -0.508 e. The SMILES string of the molecule is Oc1cccc(-c2nc(N3CCOCC3)nc3c2ncn3CCN2CCOCC2)c1. The van der Waals surface area contributed by atoms with Gasteiger partial charge in [0.05, 0.1) is 32.8 Å². The van der Waals surface area contributed by atoms with Gasteiger partial charge >= 0.3 is 0 Å². The Bertz CT molecular complexity index is 1010. The summed E-state index contributed by atoms with van der Waals surface area (Å²) in [7, 11) is 0. The van der Waals surface area contributed by atoms with Crippen LogP contribution < -0.4 is 4.90 Å². The maximum Gasteiger partial charge on any atom is 0.228 e. The van der Waals surface area contributed by atoms with E-state index < -0.39 is 0 Å². The van der Waals surface area contributed by atoms with Gasteiger partial charge in [0.25, 0.3) is 0 Å². The molecule has 2 fully saturated rings. The monoisotopic (exact) mass is 410 g/mol. The van der Waals surface area contributed by atoms with Crippen LogP contribution in [0.25, 0.3) is 22.4 Å². The highest BCUT2D eigenvalue weighted by molar-refractivity contribution is 5.88. The van der Waals surface area contributed by atoms with Crippen LogP contribution in [0.4, 0.5) is 5.95 Å². The van der Waals surface area contributed by atoms with E-state index in [-0.39, 0.29) is 5.75 Å². The number of phenols is 1. The second-order valence-electron chi connectivity index (χ2n) is 7.59. The fourth-order valence-corrected chi connectivity index (χ4v) is 3.93. The van der Waals surface area contributed by atoms with Crippen LogP contribution in [0.15, 0.2) is 30.6 Å². The topological polar surface area (TPSA) is 88.8 Å². The van der Waals surface area contributed by atoms with Crippen molar-refractivity contribution in [1.82, 2.24) is 24.4 Å². The third-order valence-electron chi connectivity index (χ3n) is 5.63. The van der Waals surface area contributed by atoms with Crippen LogP contribution in [0.5, 0.6) is 5.75 Å². The molecule has 0 radical (unpaired) electrons. The molecular formula is C21H26N6O3. The third kappa shape index (κ3) is 3.96. The van der Waals surface area contributed by atoms with E-state index in [4.69, 9.17) is 19.4 Å². The summed E-state index contributed by atoms with van der Waals surface area (Å²) in [6, 6.07) is 7.14. The maximum absolute atomic E-state index is 9.99. The molecule has 2 aliphatic rings. The fraction of sp³-hybridized carbons (Fsp3) is 0.476. The molecular weight excluding hydrogens is 384 g/mol. The Morgan fingerprint density at radius 2 is 1.70 bits per heavy atom. The van der Waals surface area contributed by atoms with Gasteiger partial charge < -0.3 is 24.0 Å². The minimum absolute atomic E-state index is 0.207. The molecule has 0 spiro atoms. The molecule has 0 unspecified atom stereocenters. The predicted octanol–water partition coefficient (Wildman–Crippen LogP) is 1.37. The average molecular weight is 410 g/mol. The zero-order valence-electron chi connectivity index (χ0n) is 16.9. The molecule has 2 saturated heterocycles. The summed E-state index contributed by atoms with van der Waals surface area (Å²) < 4.78 is 13.0. The number of hydrogen-bond acceptors (Lipinski definition) is 8. The van der Waals surface area contributed by atoms with E-state index in [1.807, 2.05) is 18.5 Å². The molecule has 2 aliphatic heterocycles. The van der Waals surface area contributed by atoms with Gasteiger partial charge in [0, 0.05) is 44.8 Å². The molecule has 9 nitrogen and oxygen atoms in total. The molecule has 5 rings (SSSR count). The quantitative estimate of drug-likeness (QED) is 0.675. The molecule has 30 heavy (non-hydrogen) atoms. The second kappa shape index (κ2) is 8.55. The molecule has 0 saturated carbocycles. The van der Waals surface area contributed by atoms with Gasteiger partial charge in [0.1, 0.15) is 17.0 Å². The van der Waals surface area contributed by atoms with Crippen LogP contribution >= 0.6 is 0 Å². The predicted molar refractivity (Wildman–Crippen MR) is 113 cm³/mol. The van der Waals surface area contributed by atoms with Crippen LogP contribution in [-0.2, 0) is 16.0 Å². The van der Waals surface area contributed by atoms with E-state index in [2.05, 4.69) is 19.4 Å². The number of benzene rings is 1. The molecule has 0 atom stereocenters. The number of fused-ring (bicyclic) bond motifs is 1.